The summed E-state index contributed by atoms with van der Waals surface area (Å²) in [5.41, 5.74) is 0.362. The first-order valence-corrected chi connectivity index (χ1v) is 9.18. The Kier molecular flexibility index (Phi) is 6.75. The SMILES string of the molecule is COc1cc(C(=O)N2CCC(C(=O)O)C2C)cc(Cl)c1OCCC(C)C. The standard InChI is InChI=1S/C19H26ClNO5/c1-11(2)6-8-26-17-15(20)9-13(10-16(17)25-4)18(22)21-7-5-14(12(21)3)19(23)24/h9-12,14H,5-8H2,1-4H3,(H,23,24). The minimum atomic E-state index is -0.877. The van der Waals surface area contributed by atoms with E-state index in [1.807, 2.05) is 0 Å². The molecule has 1 aliphatic rings. The molecule has 0 aromatic heterocycles. The van der Waals surface area contributed by atoms with Crippen LogP contribution in [0.3, 0.4) is 0 Å². The highest BCUT2D eigenvalue weighted by Crippen LogP contribution is 2.37. The molecule has 0 radical (unpaired) electrons. The quantitative estimate of drug-likeness (QED) is 0.776. The van der Waals surface area contributed by atoms with E-state index in [1.54, 1.807) is 24.0 Å². The molecule has 1 heterocycles. The number of carbonyl (C=O) groups is 2. The van der Waals surface area contributed by atoms with E-state index < -0.39 is 11.9 Å². The molecule has 0 spiro atoms. The van der Waals surface area contributed by atoms with Crippen LogP contribution in [0, 0.1) is 11.8 Å². The van der Waals surface area contributed by atoms with Crippen molar-refractivity contribution < 1.29 is 24.2 Å². The number of nitrogens with zero attached hydrogens (tertiary/aromatic N) is 1. The number of carboxylic acid groups (broad SMARTS) is 1. The minimum Gasteiger partial charge on any atom is -0.493 e. The Morgan fingerprint density at radius 2 is 2.08 bits per heavy atom. The Morgan fingerprint density at radius 3 is 2.62 bits per heavy atom. The van der Waals surface area contributed by atoms with Crippen molar-refractivity contribution in [1.29, 1.82) is 0 Å². The lowest BCUT2D eigenvalue weighted by Crippen LogP contribution is -2.37. The van der Waals surface area contributed by atoms with Crippen LogP contribution in [0.5, 0.6) is 11.5 Å². The Bertz CT molecular complexity index is 676. The third-order valence-electron chi connectivity index (χ3n) is 4.75. The van der Waals surface area contributed by atoms with Gasteiger partial charge in [0, 0.05) is 18.2 Å². The van der Waals surface area contributed by atoms with Gasteiger partial charge >= 0.3 is 5.97 Å². The molecule has 2 rings (SSSR count). The molecule has 7 heteroatoms. The van der Waals surface area contributed by atoms with Gasteiger partial charge in [-0.05, 0) is 37.8 Å². The van der Waals surface area contributed by atoms with Crippen molar-refractivity contribution in [3.63, 3.8) is 0 Å². The van der Waals surface area contributed by atoms with Gasteiger partial charge in [0.15, 0.2) is 11.5 Å². The largest absolute Gasteiger partial charge is 0.493 e. The molecule has 1 fully saturated rings. The number of ether oxygens (including phenoxy) is 2. The molecular formula is C19H26ClNO5. The molecule has 0 aliphatic carbocycles. The molecule has 1 aliphatic heterocycles. The van der Waals surface area contributed by atoms with E-state index in [0.29, 0.717) is 47.6 Å². The van der Waals surface area contributed by atoms with Crippen LogP contribution < -0.4 is 9.47 Å². The van der Waals surface area contributed by atoms with Gasteiger partial charge in [-0.25, -0.2) is 0 Å². The number of rotatable bonds is 7. The van der Waals surface area contributed by atoms with Crippen LogP contribution in [0.15, 0.2) is 12.1 Å². The number of carboxylic acids is 1. The lowest BCUT2D eigenvalue weighted by molar-refractivity contribution is -0.142. The molecule has 0 bridgehead atoms. The monoisotopic (exact) mass is 383 g/mol. The van der Waals surface area contributed by atoms with Gasteiger partial charge in [-0.15, -0.1) is 0 Å². The maximum absolute atomic E-state index is 12.8. The average Bonchev–Trinajstić information content (AvgIpc) is 2.96. The number of hydrogen-bond donors (Lipinski definition) is 1. The summed E-state index contributed by atoms with van der Waals surface area (Å²) >= 11 is 6.33. The molecule has 1 aromatic carbocycles. The Labute approximate surface area is 159 Å². The topological polar surface area (TPSA) is 76.1 Å². The molecule has 1 N–H and O–H groups in total. The van der Waals surface area contributed by atoms with Gasteiger partial charge in [-0.2, -0.15) is 0 Å². The number of carbonyl (C=O) groups excluding carboxylic acids is 1. The van der Waals surface area contributed by atoms with E-state index >= 15 is 0 Å². The van der Waals surface area contributed by atoms with Gasteiger partial charge in [0.1, 0.15) is 0 Å². The summed E-state index contributed by atoms with van der Waals surface area (Å²) in [5.74, 6) is -0.364. The fraction of sp³-hybridized carbons (Fsp3) is 0.579. The van der Waals surface area contributed by atoms with E-state index in [9.17, 15) is 14.7 Å². The van der Waals surface area contributed by atoms with Crippen molar-refractivity contribution in [3.05, 3.63) is 22.7 Å². The zero-order valence-electron chi connectivity index (χ0n) is 15.6. The van der Waals surface area contributed by atoms with Crippen molar-refractivity contribution in [2.45, 2.75) is 39.7 Å². The van der Waals surface area contributed by atoms with Crippen LogP contribution in [0.1, 0.15) is 44.0 Å². The maximum Gasteiger partial charge on any atom is 0.308 e. The molecule has 1 saturated heterocycles. The normalized spacial score (nSPS) is 19.7. The van der Waals surface area contributed by atoms with E-state index in [-0.39, 0.29) is 11.9 Å². The molecule has 144 valence electrons. The van der Waals surface area contributed by atoms with E-state index in [0.717, 1.165) is 6.42 Å². The van der Waals surface area contributed by atoms with Gasteiger partial charge in [0.2, 0.25) is 0 Å². The van der Waals surface area contributed by atoms with Gasteiger partial charge in [-0.1, -0.05) is 25.4 Å². The third kappa shape index (κ3) is 4.41. The fourth-order valence-corrected chi connectivity index (χ4v) is 3.37. The second-order valence-corrected chi connectivity index (χ2v) is 7.40. The predicted molar refractivity (Wildman–Crippen MR) is 99.2 cm³/mol. The van der Waals surface area contributed by atoms with Gasteiger partial charge < -0.3 is 19.5 Å². The van der Waals surface area contributed by atoms with Crippen LogP contribution in [-0.2, 0) is 4.79 Å². The summed E-state index contributed by atoms with van der Waals surface area (Å²) < 4.78 is 11.1. The summed E-state index contributed by atoms with van der Waals surface area (Å²) in [4.78, 5) is 25.7. The zero-order valence-corrected chi connectivity index (χ0v) is 16.4. The van der Waals surface area contributed by atoms with Crippen LogP contribution in [-0.4, -0.2) is 48.2 Å². The zero-order chi connectivity index (χ0) is 19.4. The number of amides is 1. The summed E-state index contributed by atoms with van der Waals surface area (Å²) in [6.45, 7) is 6.87. The number of aliphatic carboxylic acids is 1. The second-order valence-electron chi connectivity index (χ2n) is 6.99. The number of hydrogen-bond acceptors (Lipinski definition) is 4. The summed E-state index contributed by atoms with van der Waals surface area (Å²) in [7, 11) is 1.49. The highest BCUT2D eigenvalue weighted by Gasteiger charge is 2.38. The minimum absolute atomic E-state index is 0.254. The first-order chi connectivity index (χ1) is 12.3. The second kappa shape index (κ2) is 8.62. The van der Waals surface area contributed by atoms with Crippen LogP contribution in [0.2, 0.25) is 5.02 Å². The van der Waals surface area contributed by atoms with Gasteiger partial charge in [0.25, 0.3) is 5.91 Å². The molecule has 0 saturated carbocycles. The highest BCUT2D eigenvalue weighted by atomic mass is 35.5. The number of likely N-dealkylation sites (tertiary alicyclic amines) is 1. The molecule has 2 unspecified atom stereocenters. The van der Waals surface area contributed by atoms with E-state index in [4.69, 9.17) is 21.1 Å². The molecule has 1 amide bonds. The number of methoxy groups -OCH3 is 1. The highest BCUT2D eigenvalue weighted by molar-refractivity contribution is 6.32. The van der Waals surface area contributed by atoms with E-state index in [2.05, 4.69) is 13.8 Å². The Morgan fingerprint density at radius 1 is 1.38 bits per heavy atom. The Hall–Kier alpha value is -1.95. The lowest BCUT2D eigenvalue weighted by Gasteiger charge is -2.24. The number of benzene rings is 1. The third-order valence-corrected chi connectivity index (χ3v) is 5.03. The maximum atomic E-state index is 12.8. The Balaban J connectivity index is 2.21. The number of halogens is 1. The lowest BCUT2D eigenvalue weighted by atomic mass is 10.0. The van der Waals surface area contributed by atoms with Crippen molar-refractivity contribution in [1.82, 2.24) is 4.90 Å². The van der Waals surface area contributed by atoms with Crippen molar-refractivity contribution in [3.8, 4) is 11.5 Å². The average molecular weight is 384 g/mol. The van der Waals surface area contributed by atoms with Crippen LogP contribution in [0.25, 0.3) is 0 Å². The van der Waals surface area contributed by atoms with E-state index in [1.165, 1.54) is 7.11 Å². The van der Waals surface area contributed by atoms with Crippen molar-refractivity contribution >= 4 is 23.5 Å². The van der Waals surface area contributed by atoms with Crippen molar-refractivity contribution in [2.75, 3.05) is 20.3 Å². The summed E-state index contributed by atoms with van der Waals surface area (Å²) in [6.07, 6.45) is 1.32. The first kappa shape index (κ1) is 20.4. The summed E-state index contributed by atoms with van der Waals surface area (Å²) in [6, 6.07) is 2.78. The van der Waals surface area contributed by atoms with Gasteiger partial charge in [-0.3, -0.25) is 9.59 Å². The molecule has 6 nitrogen and oxygen atoms in total. The van der Waals surface area contributed by atoms with Gasteiger partial charge in [0.05, 0.1) is 24.7 Å². The molecular weight excluding hydrogens is 358 g/mol. The first-order valence-electron chi connectivity index (χ1n) is 8.80. The summed E-state index contributed by atoms with van der Waals surface area (Å²) in [5, 5.41) is 9.55. The smallest absolute Gasteiger partial charge is 0.308 e. The molecule has 26 heavy (non-hydrogen) atoms. The van der Waals surface area contributed by atoms with Crippen molar-refractivity contribution in [2.24, 2.45) is 11.8 Å². The van der Waals surface area contributed by atoms with Crippen LogP contribution >= 0.6 is 11.6 Å². The molecule has 2 atom stereocenters. The predicted octanol–water partition coefficient (Wildman–Crippen LogP) is 3.71. The van der Waals surface area contributed by atoms with Crippen LogP contribution in [0.4, 0.5) is 0 Å². The fourth-order valence-electron chi connectivity index (χ4n) is 3.10. The molecule has 1 aromatic rings.